The fourth-order valence-corrected chi connectivity index (χ4v) is 2.00. The number of hydrogen-bond acceptors (Lipinski definition) is 3. The van der Waals surface area contributed by atoms with E-state index in [4.69, 9.17) is 5.11 Å². The van der Waals surface area contributed by atoms with Crippen molar-refractivity contribution in [2.45, 2.75) is 64.6 Å². The Balaban J connectivity index is 2.45. The molecule has 2 unspecified atom stereocenters. The average Bonchev–Trinajstić information content (AvgIpc) is 3.15. The van der Waals surface area contributed by atoms with Crippen LogP contribution in [-0.2, 0) is 9.59 Å². The zero-order valence-corrected chi connectivity index (χ0v) is 11.4. The summed E-state index contributed by atoms with van der Waals surface area (Å²) in [7, 11) is 0. The van der Waals surface area contributed by atoms with Gasteiger partial charge in [-0.15, -0.1) is 0 Å². The first-order valence-corrected chi connectivity index (χ1v) is 6.78. The van der Waals surface area contributed by atoms with Crippen molar-refractivity contribution < 1.29 is 14.7 Å². The van der Waals surface area contributed by atoms with Crippen molar-refractivity contribution in [3.63, 3.8) is 0 Å². The quantitative estimate of drug-likeness (QED) is 0.608. The van der Waals surface area contributed by atoms with Gasteiger partial charge in [-0.3, -0.25) is 14.9 Å². The van der Waals surface area contributed by atoms with Gasteiger partial charge in [0.2, 0.25) is 5.91 Å². The summed E-state index contributed by atoms with van der Waals surface area (Å²) in [6, 6.07) is -0.884. The Morgan fingerprint density at radius 3 is 2.22 bits per heavy atom. The lowest BCUT2D eigenvalue weighted by Crippen LogP contribution is -2.52. The molecule has 5 heteroatoms. The smallest absolute Gasteiger partial charge is 0.321 e. The molecule has 0 aromatic heterocycles. The van der Waals surface area contributed by atoms with Crippen LogP contribution >= 0.6 is 0 Å². The molecule has 1 aliphatic rings. The second-order valence-electron chi connectivity index (χ2n) is 5.06. The number of nitrogens with one attached hydrogen (secondary N) is 2. The molecule has 0 aromatic rings. The minimum absolute atomic E-state index is 0.115. The highest BCUT2D eigenvalue weighted by Crippen LogP contribution is 2.32. The highest BCUT2D eigenvalue weighted by molar-refractivity contribution is 5.83. The van der Waals surface area contributed by atoms with Crippen LogP contribution in [0.3, 0.4) is 0 Å². The highest BCUT2D eigenvalue weighted by Gasteiger charge is 2.37. The minimum atomic E-state index is -0.861. The van der Waals surface area contributed by atoms with E-state index in [0.717, 1.165) is 25.7 Å². The lowest BCUT2D eigenvalue weighted by molar-refractivity contribution is -0.140. The number of carbonyl (C=O) groups is 2. The molecule has 3 N–H and O–H groups in total. The van der Waals surface area contributed by atoms with Crippen LogP contribution in [0.1, 0.15) is 46.5 Å². The normalized spacial score (nSPS) is 18.4. The topological polar surface area (TPSA) is 78.4 Å². The van der Waals surface area contributed by atoms with Crippen molar-refractivity contribution in [1.29, 1.82) is 0 Å². The third-order valence-electron chi connectivity index (χ3n) is 3.51. The Bertz CT molecular complexity index is 299. The molecule has 1 amide bonds. The largest absolute Gasteiger partial charge is 0.480 e. The van der Waals surface area contributed by atoms with E-state index < -0.39 is 18.1 Å². The van der Waals surface area contributed by atoms with Gasteiger partial charge in [-0.25, -0.2) is 0 Å². The maximum atomic E-state index is 11.9. The first kappa shape index (κ1) is 15.0. The molecule has 0 spiro atoms. The van der Waals surface area contributed by atoms with Crippen LogP contribution in [-0.4, -0.2) is 35.1 Å². The molecule has 0 bridgehead atoms. The van der Waals surface area contributed by atoms with E-state index in [0.29, 0.717) is 0 Å². The molecule has 18 heavy (non-hydrogen) atoms. The van der Waals surface area contributed by atoms with Crippen LogP contribution in [0.4, 0.5) is 0 Å². The van der Waals surface area contributed by atoms with E-state index in [2.05, 4.69) is 10.6 Å². The number of aliphatic carboxylic acids is 1. The van der Waals surface area contributed by atoms with E-state index in [-0.39, 0.29) is 17.9 Å². The number of amides is 1. The van der Waals surface area contributed by atoms with Crippen LogP contribution in [0.2, 0.25) is 0 Å². The third kappa shape index (κ3) is 4.29. The van der Waals surface area contributed by atoms with Crippen molar-refractivity contribution in [3.05, 3.63) is 0 Å². The summed E-state index contributed by atoms with van der Waals surface area (Å²) >= 11 is 0. The molecule has 0 saturated heterocycles. The molecule has 104 valence electrons. The van der Waals surface area contributed by atoms with Crippen molar-refractivity contribution in [2.75, 3.05) is 0 Å². The monoisotopic (exact) mass is 256 g/mol. The molecule has 2 atom stereocenters. The summed E-state index contributed by atoms with van der Waals surface area (Å²) < 4.78 is 0. The summed E-state index contributed by atoms with van der Waals surface area (Å²) in [6.07, 6.45) is 3.65. The SMILES string of the molecule is CCC(CC)NC(=O)C(C)NC(C(=O)O)C1CC1. The second-order valence-corrected chi connectivity index (χ2v) is 5.06. The van der Waals surface area contributed by atoms with Gasteiger partial charge in [-0.05, 0) is 38.5 Å². The highest BCUT2D eigenvalue weighted by atomic mass is 16.4. The molecule has 1 fully saturated rings. The second kappa shape index (κ2) is 6.73. The summed E-state index contributed by atoms with van der Waals surface area (Å²) in [4.78, 5) is 23.0. The number of carboxylic acids is 1. The first-order chi connectivity index (χ1) is 8.49. The molecular formula is C13H24N2O3. The zero-order chi connectivity index (χ0) is 13.7. The lowest BCUT2D eigenvalue weighted by atomic mass is 10.1. The van der Waals surface area contributed by atoms with Gasteiger partial charge in [0, 0.05) is 6.04 Å². The van der Waals surface area contributed by atoms with E-state index in [1.807, 2.05) is 13.8 Å². The maximum Gasteiger partial charge on any atom is 0.321 e. The molecule has 0 aromatic carbocycles. The summed E-state index contributed by atoms with van der Waals surface area (Å²) in [5, 5.41) is 14.9. The predicted molar refractivity (Wildman–Crippen MR) is 69.3 cm³/mol. The molecule has 1 aliphatic carbocycles. The molecule has 0 heterocycles. The van der Waals surface area contributed by atoms with Gasteiger partial charge in [-0.1, -0.05) is 13.8 Å². The molecule has 1 rings (SSSR count). The van der Waals surface area contributed by atoms with Gasteiger partial charge < -0.3 is 10.4 Å². The molecule has 5 nitrogen and oxygen atoms in total. The minimum Gasteiger partial charge on any atom is -0.480 e. The van der Waals surface area contributed by atoms with Crippen LogP contribution in [0, 0.1) is 5.92 Å². The molecule has 1 saturated carbocycles. The van der Waals surface area contributed by atoms with Crippen molar-refractivity contribution in [2.24, 2.45) is 5.92 Å². The molecular weight excluding hydrogens is 232 g/mol. The number of carbonyl (C=O) groups excluding carboxylic acids is 1. The van der Waals surface area contributed by atoms with Crippen LogP contribution in [0.25, 0.3) is 0 Å². The van der Waals surface area contributed by atoms with Gasteiger partial charge in [0.1, 0.15) is 6.04 Å². The first-order valence-electron chi connectivity index (χ1n) is 6.78. The van der Waals surface area contributed by atoms with Crippen LogP contribution < -0.4 is 10.6 Å². The van der Waals surface area contributed by atoms with Crippen molar-refractivity contribution in [1.82, 2.24) is 10.6 Å². The van der Waals surface area contributed by atoms with Gasteiger partial charge >= 0.3 is 5.97 Å². The predicted octanol–water partition coefficient (Wildman–Crippen LogP) is 1.13. The Kier molecular flexibility index (Phi) is 5.59. The Labute approximate surface area is 108 Å². The van der Waals surface area contributed by atoms with Crippen molar-refractivity contribution in [3.8, 4) is 0 Å². The lowest BCUT2D eigenvalue weighted by Gasteiger charge is -2.22. The van der Waals surface area contributed by atoms with E-state index in [1.165, 1.54) is 0 Å². The van der Waals surface area contributed by atoms with E-state index >= 15 is 0 Å². The van der Waals surface area contributed by atoms with Crippen LogP contribution in [0.15, 0.2) is 0 Å². The Hall–Kier alpha value is -1.10. The zero-order valence-electron chi connectivity index (χ0n) is 11.4. The summed E-state index contributed by atoms with van der Waals surface area (Å²) in [5.74, 6) is -0.791. The average molecular weight is 256 g/mol. The van der Waals surface area contributed by atoms with Gasteiger partial charge in [0.05, 0.1) is 6.04 Å². The van der Waals surface area contributed by atoms with Gasteiger partial charge in [-0.2, -0.15) is 0 Å². The van der Waals surface area contributed by atoms with Crippen molar-refractivity contribution >= 4 is 11.9 Å². The molecule has 0 aliphatic heterocycles. The number of hydrogen-bond donors (Lipinski definition) is 3. The summed E-state index contributed by atoms with van der Waals surface area (Å²) in [5.41, 5.74) is 0. The summed E-state index contributed by atoms with van der Waals surface area (Å²) in [6.45, 7) is 5.77. The molecule has 0 radical (unpaired) electrons. The fraction of sp³-hybridized carbons (Fsp3) is 0.846. The Morgan fingerprint density at radius 1 is 1.28 bits per heavy atom. The maximum absolute atomic E-state index is 11.9. The van der Waals surface area contributed by atoms with E-state index in [9.17, 15) is 9.59 Å². The Morgan fingerprint density at radius 2 is 1.83 bits per heavy atom. The number of rotatable bonds is 8. The fourth-order valence-electron chi connectivity index (χ4n) is 2.00. The van der Waals surface area contributed by atoms with Crippen LogP contribution in [0.5, 0.6) is 0 Å². The standard InChI is InChI=1S/C13H24N2O3/c1-4-10(5-2)15-12(16)8(3)14-11(13(17)18)9-6-7-9/h8-11,14H,4-7H2,1-3H3,(H,15,16)(H,17,18). The number of carboxylic acid groups (broad SMARTS) is 1. The third-order valence-corrected chi connectivity index (χ3v) is 3.51. The van der Waals surface area contributed by atoms with Gasteiger partial charge in [0.15, 0.2) is 0 Å². The van der Waals surface area contributed by atoms with Gasteiger partial charge in [0.25, 0.3) is 0 Å². The van der Waals surface area contributed by atoms with E-state index in [1.54, 1.807) is 6.92 Å².